The summed E-state index contributed by atoms with van der Waals surface area (Å²) in [4.78, 5) is 38.4. The number of allylic oxidation sites excluding steroid dienone is 12. The summed E-state index contributed by atoms with van der Waals surface area (Å²) in [5.74, 6) is -0.875. The lowest BCUT2D eigenvalue weighted by molar-refractivity contribution is -0.167. The SMILES string of the molecule is CCCCC/C=C\C/C=C\C/C=C\CCCCCCCCC(=O)OC(COC(=O)CCCCCCCCCCCC/C=C\C/C=C\C/C=C\CCCCCCC)COC(=O)CCCCCCCCCCCCCCCCCCC. The van der Waals surface area contributed by atoms with E-state index in [1.807, 2.05) is 0 Å². The third-order valence-corrected chi connectivity index (χ3v) is 15.2. The number of carbonyl (C=O) groups is 3. The molecular weight excluding hydrogens is 973 g/mol. The van der Waals surface area contributed by atoms with E-state index in [0.717, 1.165) is 96.3 Å². The number of rotatable bonds is 63. The van der Waals surface area contributed by atoms with Crippen molar-refractivity contribution in [2.75, 3.05) is 13.2 Å². The fraction of sp³-hybridized carbons (Fsp3) is 0.795. The molecule has 0 heterocycles. The quantitative estimate of drug-likeness (QED) is 0.0261. The Morgan fingerprint density at radius 1 is 0.253 bits per heavy atom. The van der Waals surface area contributed by atoms with Gasteiger partial charge in [0.2, 0.25) is 0 Å². The number of ether oxygens (including phenoxy) is 3. The first-order valence-electron chi connectivity index (χ1n) is 34.4. The number of hydrogen-bond acceptors (Lipinski definition) is 6. The van der Waals surface area contributed by atoms with E-state index in [4.69, 9.17) is 14.2 Å². The lowest BCUT2D eigenvalue weighted by atomic mass is 10.0. The van der Waals surface area contributed by atoms with Gasteiger partial charge in [-0.15, -0.1) is 0 Å². The second kappa shape index (κ2) is 67.4. The molecule has 0 aromatic rings. The fourth-order valence-electron chi connectivity index (χ4n) is 9.99. The minimum absolute atomic E-state index is 0.0786. The molecule has 6 heteroatoms. The molecule has 0 aliphatic rings. The lowest BCUT2D eigenvalue weighted by Crippen LogP contribution is -2.30. The number of unbranched alkanes of at least 4 members (excludes halogenated alkanes) is 40. The zero-order chi connectivity index (χ0) is 57.1. The van der Waals surface area contributed by atoms with Crippen LogP contribution in [0.15, 0.2) is 72.9 Å². The predicted octanol–water partition coefficient (Wildman–Crippen LogP) is 23.7. The Kier molecular flexibility index (Phi) is 64.7. The monoisotopic (exact) mass is 1100 g/mol. The molecule has 1 unspecified atom stereocenters. The third kappa shape index (κ3) is 65.5. The van der Waals surface area contributed by atoms with Crippen LogP contribution in [0.2, 0.25) is 0 Å². The van der Waals surface area contributed by atoms with Crippen LogP contribution in [-0.2, 0) is 28.6 Å². The van der Waals surface area contributed by atoms with Crippen molar-refractivity contribution in [2.45, 2.75) is 361 Å². The highest BCUT2D eigenvalue weighted by Crippen LogP contribution is 2.17. The first-order chi connectivity index (χ1) is 39.0. The molecule has 0 rings (SSSR count). The zero-order valence-electron chi connectivity index (χ0n) is 52.6. The van der Waals surface area contributed by atoms with E-state index in [1.165, 1.54) is 218 Å². The molecule has 0 N–H and O–H groups in total. The van der Waals surface area contributed by atoms with E-state index in [1.54, 1.807) is 0 Å². The molecular formula is C73H130O6. The first-order valence-corrected chi connectivity index (χ1v) is 34.4. The van der Waals surface area contributed by atoms with Gasteiger partial charge in [-0.25, -0.2) is 0 Å². The summed E-state index contributed by atoms with van der Waals surface area (Å²) >= 11 is 0. The van der Waals surface area contributed by atoms with Crippen LogP contribution in [0.4, 0.5) is 0 Å². The van der Waals surface area contributed by atoms with Crippen molar-refractivity contribution in [3.8, 4) is 0 Å². The van der Waals surface area contributed by atoms with Gasteiger partial charge < -0.3 is 14.2 Å². The van der Waals surface area contributed by atoms with Gasteiger partial charge in [0.1, 0.15) is 13.2 Å². The molecule has 0 aliphatic carbocycles. The summed E-state index contributed by atoms with van der Waals surface area (Å²) in [6.07, 6.45) is 87.7. The Labute approximate surface area is 491 Å². The minimum atomic E-state index is -0.785. The van der Waals surface area contributed by atoms with E-state index in [2.05, 4.69) is 93.7 Å². The highest BCUT2D eigenvalue weighted by Gasteiger charge is 2.19. The minimum Gasteiger partial charge on any atom is -0.462 e. The van der Waals surface area contributed by atoms with Gasteiger partial charge in [0.05, 0.1) is 0 Å². The molecule has 0 radical (unpaired) electrons. The molecule has 0 saturated heterocycles. The summed E-state index contributed by atoms with van der Waals surface area (Å²) < 4.78 is 17.0. The third-order valence-electron chi connectivity index (χ3n) is 15.2. The average molecular weight is 1100 g/mol. The molecule has 0 aromatic heterocycles. The van der Waals surface area contributed by atoms with Gasteiger partial charge in [-0.05, 0) is 96.3 Å². The molecule has 0 bridgehead atoms. The Morgan fingerprint density at radius 2 is 0.456 bits per heavy atom. The van der Waals surface area contributed by atoms with Gasteiger partial charge in [0.25, 0.3) is 0 Å². The highest BCUT2D eigenvalue weighted by atomic mass is 16.6. The molecule has 0 fully saturated rings. The summed E-state index contributed by atoms with van der Waals surface area (Å²) in [5, 5.41) is 0. The smallest absolute Gasteiger partial charge is 0.306 e. The molecule has 458 valence electrons. The first kappa shape index (κ1) is 75.8. The summed E-state index contributed by atoms with van der Waals surface area (Å²) in [5.41, 5.74) is 0. The van der Waals surface area contributed by atoms with Crippen LogP contribution in [0.25, 0.3) is 0 Å². The molecule has 0 saturated carbocycles. The van der Waals surface area contributed by atoms with Crippen LogP contribution in [0, 0.1) is 0 Å². The number of carbonyl (C=O) groups excluding carboxylic acids is 3. The van der Waals surface area contributed by atoms with E-state index in [0.29, 0.717) is 19.3 Å². The Bertz CT molecular complexity index is 1450. The van der Waals surface area contributed by atoms with Crippen LogP contribution in [0.3, 0.4) is 0 Å². The van der Waals surface area contributed by atoms with Crippen LogP contribution < -0.4 is 0 Å². The van der Waals surface area contributed by atoms with Crippen molar-refractivity contribution >= 4 is 17.9 Å². The van der Waals surface area contributed by atoms with Crippen LogP contribution in [0.1, 0.15) is 355 Å². The van der Waals surface area contributed by atoms with Gasteiger partial charge in [0.15, 0.2) is 6.10 Å². The summed E-state index contributed by atoms with van der Waals surface area (Å²) in [6.45, 7) is 6.64. The topological polar surface area (TPSA) is 78.9 Å². The normalized spacial score (nSPS) is 12.5. The van der Waals surface area contributed by atoms with Gasteiger partial charge in [0, 0.05) is 19.3 Å². The lowest BCUT2D eigenvalue weighted by Gasteiger charge is -2.18. The molecule has 1 atom stereocenters. The maximum absolute atomic E-state index is 12.9. The molecule has 0 aliphatic heterocycles. The number of esters is 3. The second-order valence-corrected chi connectivity index (χ2v) is 23.1. The van der Waals surface area contributed by atoms with Crippen molar-refractivity contribution in [1.29, 1.82) is 0 Å². The van der Waals surface area contributed by atoms with Crippen molar-refractivity contribution in [3.63, 3.8) is 0 Å². The van der Waals surface area contributed by atoms with Crippen LogP contribution in [0.5, 0.6) is 0 Å². The summed E-state index contributed by atoms with van der Waals surface area (Å²) in [6, 6.07) is 0. The van der Waals surface area contributed by atoms with Crippen LogP contribution >= 0.6 is 0 Å². The molecule has 6 nitrogen and oxygen atoms in total. The van der Waals surface area contributed by atoms with Gasteiger partial charge in [-0.1, -0.05) is 312 Å². The molecule has 79 heavy (non-hydrogen) atoms. The molecule has 0 amide bonds. The van der Waals surface area contributed by atoms with E-state index < -0.39 is 6.10 Å². The number of hydrogen-bond donors (Lipinski definition) is 0. The van der Waals surface area contributed by atoms with Gasteiger partial charge >= 0.3 is 17.9 Å². The van der Waals surface area contributed by atoms with Crippen molar-refractivity contribution in [2.24, 2.45) is 0 Å². The Balaban J connectivity index is 4.36. The Morgan fingerprint density at radius 3 is 0.734 bits per heavy atom. The van der Waals surface area contributed by atoms with Crippen molar-refractivity contribution in [1.82, 2.24) is 0 Å². The van der Waals surface area contributed by atoms with Crippen LogP contribution in [-0.4, -0.2) is 37.2 Å². The van der Waals surface area contributed by atoms with E-state index in [-0.39, 0.29) is 31.1 Å². The molecule has 0 aromatic carbocycles. The summed E-state index contributed by atoms with van der Waals surface area (Å²) in [7, 11) is 0. The fourth-order valence-corrected chi connectivity index (χ4v) is 9.99. The molecule has 0 spiro atoms. The highest BCUT2D eigenvalue weighted by molar-refractivity contribution is 5.71. The van der Waals surface area contributed by atoms with E-state index >= 15 is 0 Å². The predicted molar refractivity (Wildman–Crippen MR) is 344 cm³/mol. The van der Waals surface area contributed by atoms with Crippen molar-refractivity contribution in [3.05, 3.63) is 72.9 Å². The van der Waals surface area contributed by atoms with Gasteiger partial charge in [-0.3, -0.25) is 14.4 Å². The van der Waals surface area contributed by atoms with E-state index in [9.17, 15) is 14.4 Å². The second-order valence-electron chi connectivity index (χ2n) is 23.1. The standard InChI is InChI=1S/C73H130O6/c1-4-7-10-13-16-19-22-25-28-31-33-34-35-36-37-38-40-42-45-48-51-54-57-60-63-66-72(75)78-69-70(68-77-71(74)65-62-59-56-53-50-47-44-41-30-27-24-21-18-15-12-9-6-3)79-73(76)67-64-61-58-55-52-49-46-43-39-32-29-26-23-20-17-14-11-8-5-2/h17,20,22,25-26,29,31,33,35-36,39,43,70H,4-16,18-19,21,23-24,27-28,30,32,34,37-38,40-42,44-69H2,1-3H3/b20-17-,25-22-,29-26-,33-31-,36-35-,43-39-. The maximum atomic E-state index is 12.9. The average Bonchev–Trinajstić information content (AvgIpc) is 3.45. The zero-order valence-corrected chi connectivity index (χ0v) is 52.6. The largest absolute Gasteiger partial charge is 0.462 e. The Hall–Kier alpha value is -3.15. The van der Waals surface area contributed by atoms with Gasteiger partial charge in [-0.2, -0.15) is 0 Å². The van der Waals surface area contributed by atoms with Crippen molar-refractivity contribution < 1.29 is 28.6 Å². The maximum Gasteiger partial charge on any atom is 0.306 e.